The number of unbranched alkanes of at least 4 members (excludes halogenated alkanes) is 6. The molecule has 7 atom stereocenters. The van der Waals surface area contributed by atoms with Gasteiger partial charge in [-0.1, -0.05) is 19.3 Å². The highest BCUT2D eigenvalue weighted by Crippen LogP contribution is 2.09. The predicted molar refractivity (Wildman–Crippen MR) is 276 cm³/mol. The van der Waals surface area contributed by atoms with Gasteiger partial charge in [0.25, 0.3) is 0 Å². The Morgan fingerprint density at radius 3 is 1.04 bits per heavy atom. The van der Waals surface area contributed by atoms with Crippen molar-refractivity contribution in [3.8, 4) is 0 Å². The smallest absolute Gasteiger partial charge is 0.243 e. The van der Waals surface area contributed by atoms with Gasteiger partial charge in [0.2, 0.25) is 41.4 Å². The lowest BCUT2D eigenvalue weighted by atomic mass is 10.0. The molecule has 71 heavy (non-hydrogen) atoms. The number of ether oxygens (including phenoxy) is 2. The van der Waals surface area contributed by atoms with Crippen LogP contribution >= 0.6 is 0 Å². The van der Waals surface area contributed by atoms with E-state index in [4.69, 9.17) is 55.3 Å². The van der Waals surface area contributed by atoms with E-state index in [2.05, 4.69) is 37.2 Å². The van der Waals surface area contributed by atoms with Gasteiger partial charge in [-0.15, -0.1) is 0 Å². The van der Waals surface area contributed by atoms with E-state index < -0.39 is 71.8 Å². The Hall–Kier alpha value is -4.11. The maximum atomic E-state index is 14.0. The van der Waals surface area contributed by atoms with Crippen molar-refractivity contribution in [2.24, 2.45) is 45.9 Å². The Labute approximate surface area is 422 Å². The second-order valence-corrected chi connectivity index (χ2v) is 17.9. The van der Waals surface area contributed by atoms with E-state index in [-0.39, 0.29) is 50.8 Å². The first-order chi connectivity index (χ1) is 34.2. The molecule has 0 spiro atoms. The van der Waals surface area contributed by atoms with E-state index in [1.165, 1.54) is 0 Å². The van der Waals surface area contributed by atoms with Crippen molar-refractivity contribution in [1.29, 1.82) is 0 Å². The minimum Gasteiger partial charge on any atom is -0.379 e. The standard InChI is InChI=1S/C47H97N15O9/c1-2-70-32-33-71-31-30-59-46(68)39(62-47(69)40(61-43(65)36(54)18-5-11-25-50)22-8-13-28-57-42(64)35(53)17-4-10-24-49)21-7-14-29-58-45(67)38(60-44(66)37(55)19-15-26-51)20-6-12-27-56-41(63)34(52)16-3-9-23-48/h34-40H,2-33,48-55H2,1H3,(H,56,63)(H,57,64)(H,58,67)(H,59,68)(H,60,66)(H,61,65)(H,62,69). The van der Waals surface area contributed by atoms with Gasteiger partial charge >= 0.3 is 0 Å². The zero-order valence-electron chi connectivity index (χ0n) is 43.0. The number of amides is 7. The van der Waals surface area contributed by atoms with Crippen molar-refractivity contribution in [2.45, 2.75) is 178 Å². The molecule has 0 radical (unpaired) electrons. The van der Waals surface area contributed by atoms with Gasteiger partial charge in [-0.25, -0.2) is 0 Å². The molecular formula is C47H97N15O9. The highest BCUT2D eigenvalue weighted by Gasteiger charge is 2.29. The van der Waals surface area contributed by atoms with Crippen LogP contribution < -0.4 is 83.1 Å². The molecule has 414 valence electrons. The molecule has 0 aromatic carbocycles. The average molecular weight is 1020 g/mol. The lowest BCUT2D eigenvalue weighted by Crippen LogP contribution is -2.56. The molecule has 0 heterocycles. The van der Waals surface area contributed by atoms with E-state index in [1.807, 2.05) is 6.92 Å². The molecule has 0 aliphatic carbocycles. The quantitative estimate of drug-likeness (QED) is 0.0269. The molecule has 7 amide bonds. The number of nitrogens with one attached hydrogen (secondary N) is 7. The van der Waals surface area contributed by atoms with Gasteiger partial charge < -0.3 is 92.6 Å². The van der Waals surface area contributed by atoms with Crippen molar-refractivity contribution in [3.63, 3.8) is 0 Å². The van der Waals surface area contributed by atoms with Crippen LogP contribution in [0.25, 0.3) is 0 Å². The first-order valence-electron chi connectivity index (χ1n) is 26.2. The van der Waals surface area contributed by atoms with Gasteiger partial charge in [-0.05, 0) is 142 Å². The third-order valence-electron chi connectivity index (χ3n) is 11.7. The molecule has 23 N–H and O–H groups in total. The molecule has 0 aromatic rings. The Bertz CT molecular complexity index is 1450. The highest BCUT2D eigenvalue weighted by molar-refractivity contribution is 5.93. The van der Waals surface area contributed by atoms with Gasteiger partial charge in [0.15, 0.2) is 0 Å². The molecule has 0 fully saturated rings. The molecule has 24 nitrogen and oxygen atoms in total. The number of carbonyl (C=O) groups excluding carboxylic acids is 7. The minimum absolute atomic E-state index is 0.158. The van der Waals surface area contributed by atoms with Crippen molar-refractivity contribution >= 4 is 41.4 Å². The van der Waals surface area contributed by atoms with Crippen molar-refractivity contribution < 1.29 is 43.0 Å². The highest BCUT2D eigenvalue weighted by atomic mass is 16.5. The number of rotatable bonds is 47. The molecule has 0 aromatic heterocycles. The SMILES string of the molecule is CCOCCOCCNC(=O)C(CCCCNC(=O)C(CCCCNC(=O)C(N)CCCCN)NC(=O)C(N)CCCN)NC(=O)C(CCCCNC(=O)C(N)CCCCN)NC(=O)C(N)CCCCN. The lowest BCUT2D eigenvalue weighted by molar-refractivity contribution is -0.132. The fourth-order valence-corrected chi connectivity index (χ4v) is 7.20. The van der Waals surface area contributed by atoms with Crippen LogP contribution in [0.3, 0.4) is 0 Å². The second kappa shape index (κ2) is 44.6. The zero-order chi connectivity index (χ0) is 53.1. The summed E-state index contributed by atoms with van der Waals surface area (Å²) in [6.07, 6.45) is 10.0. The molecule has 0 rings (SSSR count). The van der Waals surface area contributed by atoms with E-state index in [0.29, 0.717) is 143 Å². The summed E-state index contributed by atoms with van der Waals surface area (Å²) < 4.78 is 10.8. The van der Waals surface area contributed by atoms with Crippen LogP contribution in [0.1, 0.15) is 135 Å². The fraction of sp³-hybridized carbons (Fsp3) is 0.851. The van der Waals surface area contributed by atoms with Gasteiger partial charge in [0, 0.05) is 32.8 Å². The lowest BCUT2D eigenvalue weighted by Gasteiger charge is -2.24. The Kier molecular flexibility index (Phi) is 42.0. The number of nitrogens with two attached hydrogens (primary N) is 8. The van der Waals surface area contributed by atoms with Crippen LogP contribution in [-0.4, -0.2) is 162 Å². The maximum Gasteiger partial charge on any atom is 0.243 e. The predicted octanol–water partition coefficient (Wildman–Crippen LogP) is -3.10. The maximum absolute atomic E-state index is 14.0. The topological polar surface area (TPSA) is 430 Å². The monoisotopic (exact) mass is 1020 g/mol. The summed E-state index contributed by atoms with van der Waals surface area (Å²) in [5.74, 6) is -3.03. The second-order valence-electron chi connectivity index (χ2n) is 17.9. The Balaban J connectivity index is 5.86. The largest absolute Gasteiger partial charge is 0.379 e. The van der Waals surface area contributed by atoms with Gasteiger partial charge in [-0.2, -0.15) is 0 Å². The summed E-state index contributed by atoms with van der Waals surface area (Å²) >= 11 is 0. The molecule has 24 heteroatoms. The summed E-state index contributed by atoms with van der Waals surface area (Å²) in [5, 5.41) is 19.7. The normalized spacial score (nSPS) is 14.2. The fourth-order valence-electron chi connectivity index (χ4n) is 7.20. The van der Waals surface area contributed by atoms with E-state index in [1.54, 1.807) is 0 Å². The number of hydrogen-bond donors (Lipinski definition) is 15. The average Bonchev–Trinajstić information content (AvgIpc) is 3.35. The summed E-state index contributed by atoms with van der Waals surface area (Å²) in [4.78, 5) is 92.2. The molecule has 0 saturated heterocycles. The van der Waals surface area contributed by atoms with Crippen LogP contribution in [0.15, 0.2) is 0 Å². The molecular weight excluding hydrogens is 919 g/mol. The van der Waals surface area contributed by atoms with Crippen molar-refractivity contribution in [2.75, 3.05) is 78.8 Å². The molecule has 0 aliphatic rings. The third-order valence-corrected chi connectivity index (χ3v) is 11.7. The van der Waals surface area contributed by atoms with E-state index >= 15 is 0 Å². The Morgan fingerprint density at radius 1 is 0.338 bits per heavy atom. The third kappa shape index (κ3) is 34.8. The van der Waals surface area contributed by atoms with Gasteiger partial charge in [-0.3, -0.25) is 33.6 Å². The first kappa shape index (κ1) is 66.9. The molecule has 0 aliphatic heterocycles. The van der Waals surface area contributed by atoms with Crippen LogP contribution in [0.4, 0.5) is 0 Å². The van der Waals surface area contributed by atoms with Crippen LogP contribution in [0, 0.1) is 0 Å². The molecule has 0 bridgehead atoms. The number of carbonyl (C=O) groups is 7. The summed E-state index contributed by atoms with van der Waals surface area (Å²) in [6, 6.07) is -6.02. The van der Waals surface area contributed by atoms with Crippen LogP contribution in [-0.2, 0) is 43.0 Å². The summed E-state index contributed by atoms with van der Waals surface area (Å²) in [5.41, 5.74) is 46.6. The van der Waals surface area contributed by atoms with E-state index in [0.717, 1.165) is 25.7 Å². The Morgan fingerprint density at radius 2 is 0.648 bits per heavy atom. The van der Waals surface area contributed by atoms with Crippen LogP contribution in [0.5, 0.6) is 0 Å². The van der Waals surface area contributed by atoms with Crippen LogP contribution in [0.2, 0.25) is 0 Å². The number of hydrogen-bond acceptors (Lipinski definition) is 17. The van der Waals surface area contributed by atoms with E-state index in [9.17, 15) is 33.6 Å². The minimum atomic E-state index is -1.05. The summed E-state index contributed by atoms with van der Waals surface area (Å²) in [7, 11) is 0. The first-order valence-corrected chi connectivity index (χ1v) is 26.2. The zero-order valence-corrected chi connectivity index (χ0v) is 43.0. The molecule has 0 saturated carbocycles. The molecule has 7 unspecified atom stereocenters. The van der Waals surface area contributed by atoms with Crippen molar-refractivity contribution in [1.82, 2.24) is 37.2 Å². The van der Waals surface area contributed by atoms with Gasteiger partial charge in [0.1, 0.15) is 18.1 Å². The van der Waals surface area contributed by atoms with Crippen molar-refractivity contribution in [3.05, 3.63) is 0 Å². The summed E-state index contributed by atoms with van der Waals surface area (Å²) in [6.45, 7) is 6.22. The van der Waals surface area contributed by atoms with Gasteiger partial charge in [0.05, 0.1) is 44.0 Å².